The van der Waals surface area contributed by atoms with Crippen molar-refractivity contribution in [3.63, 3.8) is 0 Å². The van der Waals surface area contributed by atoms with E-state index >= 15 is 0 Å². The van der Waals surface area contributed by atoms with Crippen molar-refractivity contribution < 1.29 is 0 Å². The molecule has 0 aliphatic rings. The highest BCUT2D eigenvalue weighted by Gasteiger charge is 2.03. The Labute approximate surface area is 113 Å². The maximum absolute atomic E-state index is 5.96. The molecule has 0 amide bonds. The SMILES string of the molecule is Cc1cc(C)cc(CSc2ncc(C)cc2N)c1. The number of thioether (sulfide) groups is 1. The second-order valence-electron chi connectivity index (χ2n) is 4.69. The molecule has 0 aliphatic heterocycles. The van der Waals surface area contributed by atoms with Gasteiger partial charge in [-0.2, -0.15) is 0 Å². The number of benzene rings is 1. The Bertz CT molecular complexity index is 544. The second kappa shape index (κ2) is 5.44. The molecule has 0 aliphatic carbocycles. The van der Waals surface area contributed by atoms with E-state index in [-0.39, 0.29) is 0 Å². The molecule has 2 nitrogen and oxygen atoms in total. The van der Waals surface area contributed by atoms with E-state index in [1.54, 1.807) is 11.8 Å². The third-order valence-electron chi connectivity index (χ3n) is 2.67. The summed E-state index contributed by atoms with van der Waals surface area (Å²) in [7, 11) is 0. The highest BCUT2D eigenvalue weighted by molar-refractivity contribution is 7.98. The molecular formula is C15H18N2S. The summed E-state index contributed by atoms with van der Waals surface area (Å²) in [5, 5.41) is 0.916. The maximum atomic E-state index is 5.96. The molecule has 1 heterocycles. The summed E-state index contributed by atoms with van der Waals surface area (Å²) < 4.78 is 0. The molecule has 0 saturated carbocycles. The molecule has 3 heteroatoms. The Morgan fingerprint density at radius 1 is 1.00 bits per heavy atom. The predicted octanol–water partition coefficient (Wildman–Crippen LogP) is 3.88. The summed E-state index contributed by atoms with van der Waals surface area (Å²) in [4.78, 5) is 4.38. The Morgan fingerprint density at radius 2 is 1.67 bits per heavy atom. The van der Waals surface area contributed by atoms with Gasteiger partial charge in [0, 0.05) is 11.9 Å². The fourth-order valence-electron chi connectivity index (χ4n) is 2.00. The van der Waals surface area contributed by atoms with Crippen LogP contribution in [0.2, 0.25) is 0 Å². The normalized spacial score (nSPS) is 10.6. The molecule has 0 unspecified atom stereocenters. The Kier molecular flexibility index (Phi) is 3.92. The molecule has 0 fully saturated rings. The number of pyridine rings is 1. The van der Waals surface area contributed by atoms with E-state index in [0.29, 0.717) is 0 Å². The van der Waals surface area contributed by atoms with Gasteiger partial charge >= 0.3 is 0 Å². The number of hydrogen-bond donors (Lipinski definition) is 1. The zero-order valence-corrected chi connectivity index (χ0v) is 11.8. The van der Waals surface area contributed by atoms with Crippen LogP contribution in [0.15, 0.2) is 35.5 Å². The number of rotatable bonds is 3. The van der Waals surface area contributed by atoms with Crippen LogP contribution in [0.1, 0.15) is 22.3 Å². The highest BCUT2D eigenvalue weighted by atomic mass is 32.2. The molecule has 2 rings (SSSR count). The summed E-state index contributed by atoms with van der Waals surface area (Å²) in [6.45, 7) is 6.25. The van der Waals surface area contributed by atoms with Crippen molar-refractivity contribution in [2.24, 2.45) is 0 Å². The topological polar surface area (TPSA) is 38.9 Å². The van der Waals surface area contributed by atoms with Gasteiger partial charge in [0.05, 0.1) is 5.69 Å². The van der Waals surface area contributed by atoms with Crippen LogP contribution in [0, 0.1) is 20.8 Å². The molecule has 0 radical (unpaired) electrons. The minimum atomic E-state index is 0.768. The predicted molar refractivity (Wildman–Crippen MR) is 78.9 cm³/mol. The minimum Gasteiger partial charge on any atom is -0.397 e. The highest BCUT2D eigenvalue weighted by Crippen LogP contribution is 2.27. The van der Waals surface area contributed by atoms with Gasteiger partial charge < -0.3 is 5.73 Å². The first-order valence-corrected chi connectivity index (χ1v) is 6.95. The smallest absolute Gasteiger partial charge is 0.119 e. The summed E-state index contributed by atoms with van der Waals surface area (Å²) in [5.41, 5.74) is 11.8. The second-order valence-corrected chi connectivity index (χ2v) is 5.66. The van der Waals surface area contributed by atoms with Crippen molar-refractivity contribution in [2.45, 2.75) is 31.6 Å². The van der Waals surface area contributed by atoms with Crippen molar-refractivity contribution >= 4 is 17.4 Å². The molecular weight excluding hydrogens is 240 g/mol. The molecule has 2 N–H and O–H groups in total. The summed E-state index contributed by atoms with van der Waals surface area (Å²) in [5.74, 6) is 0.906. The zero-order chi connectivity index (χ0) is 13.1. The molecule has 2 aromatic rings. The van der Waals surface area contributed by atoms with E-state index < -0.39 is 0 Å². The standard InChI is InChI=1S/C15H18N2S/c1-10-4-11(2)6-13(5-10)9-18-15-14(16)7-12(3)8-17-15/h4-8H,9,16H2,1-3H3. The molecule has 18 heavy (non-hydrogen) atoms. The van der Waals surface area contributed by atoms with Crippen LogP contribution >= 0.6 is 11.8 Å². The third kappa shape index (κ3) is 3.26. The van der Waals surface area contributed by atoms with Crippen LogP contribution in [-0.4, -0.2) is 4.98 Å². The summed E-state index contributed by atoms with van der Waals surface area (Å²) >= 11 is 1.69. The average molecular weight is 258 g/mol. The lowest BCUT2D eigenvalue weighted by atomic mass is 10.1. The Morgan fingerprint density at radius 3 is 2.28 bits per heavy atom. The van der Waals surface area contributed by atoms with E-state index in [2.05, 4.69) is 37.0 Å². The summed E-state index contributed by atoms with van der Waals surface area (Å²) in [6, 6.07) is 8.58. The Hall–Kier alpha value is -1.48. The largest absolute Gasteiger partial charge is 0.397 e. The van der Waals surface area contributed by atoms with Gasteiger partial charge in [-0.25, -0.2) is 4.98 Å². The first-order valence-electron chi connectivity index (χ1n) is 5.96. The van der Waals surface area contributed by atoms with Crippen molar-refractivity contribution in [2.75, 3.05) is 5.73 Å². The number of nitrogens with zero attached hydrogens (tertiary/aromatic N) is 1. The van der Waals surface area contributed by atoms with Crippen LogP contribution in [-0.2, 0) is 5.75 Å². The first-order chi connectivity index (χ1) is 8.54. The van der Waals surface area contributed by atoms with E-state index in [4.69, 9.17) is 5.73 Å². The van der Waals surface area contributed by atoms with Crippen LogP contribution < -0.4 is 5.73 Å². The molecule has 0 saturated heterocycles. The van der Waals surface area contributed by atoms with E-state index in [1.807, 2.05) is 19.2 Å². The van der Waals surface area contributed by atoms with Gasteiger partial charge in [-0.3, -0.25) is 0 Å². The average Bonchev–Trinajstić information content (AvgIpc) is 2.26. The van der Waals surface area contributed by atoms with E-state index in [9.17, 15) is 0 Å². The number of aryl methyl sites for hydroxylation is 3. The van der Waals surface area contributed by atoms with Crippen LogP contribution in [0.5, 0.6) is 0 Å². The third-order valence-corrected chi connectivity index (χ3v) is 3.76. The quantitative estimate of drug-likeness (QED) is 0.849. The number of hydrogen-bond acceptors (Lipinski definition) is 3. The number of anilines is 1. The fraction of sp³-hybridized carbons (Fsp3) is 0.267. The molecule has 1 aromatic carbocycles. The summed E-state index contributed by atoms with van der Waals surface area (Å²) in [6.07, 6.45) is 1.86. The van der Waals surface area contributed by atoms with Gasteiger partial charge in [0.1, 0.15) is 5.03 Å². The monoisotopic (exact) mass is 258 g/mol. The number of nitrogen functional groups attached to an aromatic ring is 1. The zero-order valence-electron chi connectivity index (χ0n) is 11.0. The van der Waals surface area contributed by atoms with Gasteiger partial charge in [0.25, 0.3) is 0 Å². The van der Waals surface area contributed by atoms with Gasteiger partial charge in [0.2, 0.25) is 0 Å². The van der Waals surface area contributed by atoms with Crippen molar-refractivity contribution in [3.8, 4) is 0 Å². The molecule has 0 bridgehead atoms. The lowest BCUT2D eigenvalue weighted by Gasteiger charge is -2.07. The number of aromatic nitrogens is 1. The van der Waals surface area contributed by atoms with Gasteiger partial charge in [0.15, 0.2) is 0 Å². The van der Waals surface area contributed by atoms with Crippen LogP contribution in [0.3, 0.4) is 0 Å². The lowest BCUT2D eigenvalue weighted by molar-refractivity contribution is 1.11. The van der Waals surface area contributed by atoms with Crippen LogP contribution in [0.25, 0.3) is 0 Å². The first kappa shape index (κ1) is 13.0. The van der Waals surface area contributed by atoms with Crippen molar-refractivity contribution in [1.82, 2.24) is 4.98 Å². The van der Waals surface area contributed by atoms with Crippen molar-refractivity contribution in [3.05, 3.63) is 52.7 Å². The molecule has 1 aromatic heterocycles. The minimum absolute atomic E-state index is 0.768. The maximum Gasteiger partial charge on any atom is 0.119 e. The van der Waals surface area contributed by atoms with Gasteiger partial charge in [-0.05, 0) is 38.0 Å². The van der Waals surface area contributed by atoms with Gasteiger partial charge in [-0.1, -0.05) is 41.1 Å². The van der Waals surface area contributed by atoms with Crippen molar-refractivity contribution in [1.29, 1.82) is 0 Å². The van der Waals surface area contributed by atoms with Crippen LogP contribution in [0.4, 0.5) is 5.69 Å². The number of nitrogens with two attached hydrogens (primary N) is 1. The molecule has 0 atom stereocenters. The van der Waals surface area contributed by atoms with E-state index in [1.165, 1.54) is 16.7 Å². The van der Waals surface area contributed by atoms with Gasteiger partial charge in [-0.15, -0.1) is 0 Å². The fourth-order valence-corrected chi connectivity index (χ4v) is 2.83. The van der Waals surface area contributed by atoms with E-state index in [0.717, 1.165) is 22.0 Å². The molecule has 0 spiro atoms. The molecule has 94 valence electrons. The lowest BCUT2D eigenvalue weighted by Crippen LogP contribution is -1.93. The Balaban J connectivity index is 2.11.